The fraction of sp³-hybridized carbons (Fsp3) is 0.444. The highest BCUT2D eigenvalue weighted by Gasteiger charge is 2.25. The van der Waals surface area contributed by atoms with E-state index in [-0.39, 0.29) is 17.8 Å². The van der Waals surface area contributed by atoms with Crippen LogP contribution in [0.1, 0.15) is 24.0 Å². The predicted molar refractivity (Wildman–Crippen MR) is 92.2 cm³/mol. The molecule has 1 heterocycles. The van der Waals surface area contributed by atoms with E-state index in [4.69, 9.17) is 4.74 Å². The van der Waals surface area contributed by atoms with Crippen molar-refractivity contribution in [3.05, 3.63) is 35.4 Å². The number of carbonyl (C=O) groups excluding carboxylic acids is 2. The summed E-state index contributed by atoms with van der Waals surface area (Å²) < 4.78 is 4.86. The average Bonchev–Trinajstić information content (AvgIpc) is 2.88. The molecule has 1 amide bonds. The molecule has 1 saturated heterocycles. The highest BCUT2D eigenvalue weighted by atomic mass is 28.3. The lowest BCUT2D eigenvalue weighted by Crippen LogP contribution is -2.25. The lowest BCUT2D eigenvalue weighted by molar-refractivity contribution is -0.138. The number of amides is 1. The number of ether oxygens (including phenoxy) is 1. The highest BCUT2D eigenvalue weighted by molar-refractivity contribution is 6.83. The topological polar surface area (TPSA) is 55.4 Å². The summed E-state index contributed by atoms with van der Waals surface area (Å²) in [6.07, 6.45) is 0.684. The Kier molecular flexibility index (Phi) is 5.62. The largest absolute Gasteiger partial charge is 0.465 e. The Morgan fingerprint density at radius 2 is 2.00 bits per heavy atom. The predicted octanol–water partition coefficient (Wildman–Crippen LogP) is 2.48. The second-order valence-corrected chi connectivity index (χ2v) is 11.7. The van der Waals surface area contributed by atoms with Gasteiger partial charge in [-0.05, 0) is 17.7 Å². The molecule has 1 aliphatic heterocycles. The van der Waals surface area contributed by atoms with Gasteiger partial charge >= 0.3 is 5.97 Å². The Morgan fingerprint density at radius 1 is 1.30 bits per heavy atom. The van der Waals surface area contributed by atoms with Crippen LogP contribution in [-0.4, -0.2) is 26.6 Å². The molecule has 0 saturated carbocycles. The van der Waals surface area contributed by atoms with Crippen LogP contribution in [0.3, 0.4) is 0 Å². The van der Waals surface area contributed by atoms with Crippen LogP contribution in [-0.2, 0) is 20.9 Å². The molecular formula is C18H23NO3Si. The van der Waals surface area contributed by atoms with E-state index in [0.717, 1.165) is 11.1 Å². The van der Waals surface area contributed by atoms with Crippen LogP contribution in [0.5, 0.6) is 0 Å². The molecule has 1 aliphatic rings. The molecular weight excluding hydrogens is 306 g/mol. The summed E-state index contributed by atoms with van der Waals surface area (Å²) in [5, 5.41) is 2.88. The van der Waals surface area contributed by atoms with E-state index in [0.29, 0.717) is 26.0 Å². The summed E-state index contributed by atoms with van der Waals surface area (Å²) >= 11 is 0. The first-order valence-corrected chi connectivity index (χ1v) is 11.4. The third-order valence-electron chi connectivity index (χ3n) is 3.43. The van der Waals surface area contributed by atoms with E-state index in [1.807, 2.05) is 24.3 Å². The Morgan fingerprint density at radius 3 is 2.57 bits per heavy atom. The molecule has 0 bridgehead atoms. The summed E-state index contributed by atoms with van der Waals surface area (Å²) in [5.74, 6) is 2.97. The number of hydrogen-bond donors (Lipinski definition) is 1. The third kappa shape index (κ3) is 6.29. The Labute approximate surface area is 138 Å². The van der Waals surface area contributed by atoms with Crippen molar-refractivity contribution >= 4 is 20.0 Å². The first-order chi connectivity index (χ1) is 10.8. The maximum absolute atomic E-state index is 11.9. The van der Waals surface area contributed by atoms with Crippen LogP contribution in [0, 0.1) is 17.4 Å². The molecule has 4 nitrogen and oxygen atoms in total. The summed E-state index contributed by atoms with van der Waals surface area (Å²) in [6.45, 7) is 7.49. The van der Waals surface area contributed by atoms with Crippen molar-refractivity contribution < 1.29 is 14.3 Å². The van der Waals surface area contributed by atoms with Gasteiger partial charge in [0.25, 0.3) is 0 Å². The number of hydrogen-bond acceptors (Lipinski definition) is 3. The maximum atomic E-state index is 11.9. The summed E-state index contributed by atoms with van der Waals surface area (Å²) in [7, 11) is -1.36. The molecule has 1 aromatic carbocycles. The summed E-state index contributed by atoms with van der Waals surface area (Å²) in [4.78, 5) is 22.9. The third-order valence-corrected chi connectivity index (χ3v) is 4.31. The zero-order valence-corrected chi connectivity index (χ0v) is 14.9. The minimum Gasteiger partial charge on any atom is -0.465 e. The van der Waals surface area contributed by atoms with Crippen molar-refractivity contribution in [3.63, 3.8) is 0 Å². The molecule has 1 unspecified atom stereocenters. The van der Waals surface area contributed by atoms with Gasteiger partial charge in [-0.1, -0.05) is 37.7 Å². The van der Waals surface area contributed by atoms with Gasteiger partial charge in [0.05, 0.1) is 13.0 Å². The minimum atomic E-state index is -1.36. The van der Waals surface area contributed by atoms with Gasteiger partial charge < -0.3 is 10.1 Å². The van der Waals surface area contributed by atoms with Crippen molar-refractivity contribution in [1.82, 2.24) is 5.32 Å². The van der Waals surface area contributed by atoms with Crippen LogP contribution in [0.4, 0.5) is 0 Å². The lowest BCUT2D eigenvalue weighted by atomic mass is 10.0. The van der Waals surface area contributed by atoms with E-state index in [1.54, 1.807) is 0 Å². The van der Waals surface area contributed by atoms with Crippen molar-refractivity contribution in [3.8, 4) is 11.5 Å². The van der Waals surface area contributed by atoms with E-state index in [9.17, 15) is 9.59 Å². The lowest BCUT2D eigenvalue weighted by Gasteiger charge is -2.08. The summed E-state index contributed by atoms with van der Waals surface area (Å²) in [5.41, 5.74) is 5.37. The Hall–Kier alpha value is -2.06. The molecule has 0 aliphatic carbocycles. The molecule has 23 heavy (non-hydrogen) atoms. The molecule has 5 heteroatoms. The van der Waals surface area contributed by atoms with E-state index >= 15 is 0 Å². The minimum absolute atomic E-state index is 0.0155. The molecule has 1 atom stereocenters. The van der Waals surface area contributed by atoms with Gasteiger partial charge in [0, 0.05) is 24.4 Å². The van der Waals surface area contributed by atoms with Gasteiger partial charge in [-0.2, -0.15) is 0 Å². The smallest absolute Gasteiger partial charge is 0.306 e. The monoisotopic (exact) mass is 329 g/mol. The highest BCUT2D eigenvalue weighted by Crippen LogP contribution is 2.17. The first kappa shape index (κ1) is 17.3. The number of rotatable bonds is 4. The fourth-order valence-electron chi connectivity index (χ4n) is 2.20. The van der Waals surface area contributed by atoms with Crippen LogP contribution >= 0.6 is 0 Å². The zero-order chi connectivity index (χ0) is 16.9. The second kappa shape index (κ2) is 7.47. The first-order valence-electron chi connectivity index (χ1n) is 7.86. The number of benzene rings is 1. The quantitative estimate of drug-likeness (QED) is 0.524. The molecule has 1 fully saturated rings. The van der Waals surface area contributed by atoms with Crippen LogP contribution in [0.15, 0.2) is 24.3 Å². The van der Waals surface area contributed by atoms with Crippen molar-refractivity contribution in [2.24, 2.45) is 5.92 Å². The van der Waals surface area contributed by atoms with Gasteiger partial charge in [0.15, 0.2) is 0 Å². The van der Waals surface area contributed by atoms with Crippen molar-refractivity contribution in [2.75, 3.05) is 6.61 Å². The van der Waals surface area contributed by atoms with Crippen LogP contribution in [0.25, 0.3) is 0 Å². The van der Waals surface area contributed by atoms with Gasteiger partial charge in [0.2, 0.25) is 5.91 Å². The van der Waals surface area contributed by atoms with E-state index < -0.39 is 8.07 Å². The second-order valence-electron chi connectivity index (χ2n) is 6.93. The van der Waals surface area contributed by atoms with E-state index in [1.165, 1.54) is 0 Å². The van der Waals surface area contributed by atoms with Gasteiger partial charge in [-0.25, -0.2) is 0 Å². The number of nitrogens with one attached hydrogen (secondary N) is 1. The standard InChI is InChI=1S/C18H23NO3Si/c1-23(2,3)9-8-14-4-6-15(7-5-14)12-19-17(20)10-16-11-18(21)22-13-16/h4-7,16H,10-13H2,1-3H3,(H,19,20). The number of carbonyl (C=O) groups is 2. The summed E-state index contributed by atoms with van der Waals surface area (Å²) in [6, 6.07) is 7.93. The average molecular weight is 329 g/mol. The molecule has 2 rings (SSSR count). The van der Waals surface area contributed by atoms with Gasteiger partial charge in [0.1, 0.15) is 8.07 Å². The van der Waals surface area contributed by atoms with E-state index in [2.05, 4.69) is 36.4 Å². The molecule has 122 valence electrons. The normalized spacial score (nSPS) is 17.2. The molecule has 0 spiro atoms. The molecule has 1 N–H and O–H groups in total. The van der Waals surface area contributed by atoms with Crippen molar-refractivity contribution in [2.45, 2.75) is 39.0 Å². The van der Waals surface area contributed by atoms with Gasteiger partial charge in [-0.3, -0.25) is 9.59 Å². The Bertz CT molecular complexity index is 635. The zero-order valence-electron chi connectivity index (χ0n) is 13.9. The molecule has 1 aromatic rings. The molecule has 0 aromatic heterocycles. The van der Waals surface area contributed by atoms with Crippen molar-refractivity contribution in [1.29, 1.82) is 0 Å². The Balaban J connectivity index is 1.80. The van der Waals surface area contributed by atoms with Crippen LogP contribution < -0.4 is 5.32 Å². The molecule has 0 radical (unpaired) electrons. The SMILES string of the molecule is C[Si](C)(C)C#Cc1ccc(CNC(=O)CC2COC(=O)C2)cc1. The van der Waals surface area contributed by atoms with Crippen LogP contribution in [0.2, 0.25) is 19.6 Å². The number of esters is 1. The number of cyclic esters (lactones) is 1. The van der Waals surface area contributed by atoms with Gasteiger partial charge in [-0.15, -0.1) is 5.54 Å². The maximum Gasteiger partial charge on any atom is 0.306 e. The fourth-order valence-corrected chi connectivity index (χ4v) is 2.72.